The molecule has 0 N–H and O–H groups in total. The third-order valence-electron chi connectivity index (χ3n) is 12.5. The Balaban J connectivity index is 4.24. The van der Waals surface area contributed by atoms with Gasteiger partial charge in [-0.25, -0.2) is 0 Å². The van der Waals surface area contributed by atoms with Crippen LogP contribution in [0.3, 0.4) is 0 Å². The maximum Gasteiger partial charge on any atom is 0.306 e. The Morgan fingerprint density at radius 3 is 1.17 bits per heavy atom. The fourth-order valence-corrected chi connectivity index (χ4v) is 8.07. The monoisotopic (exact) mass is 972 g/mol. The summed E-state index contributed by atoms with van der Waals surface area (Å²) in [6.07, 6.45) is 60.1. The first-order valence-corrected chi connectivity index (χ1v) is 28.8. The molecule has 0 aromatic heterocycles. The van der Waals surface area contributed by atoms with Gasteiger partial charge in [-0.2, -0.15) is 0 Å². The molecule has 0 rings (SSSR count). The fourth-order valence-electron chi connectivity index (χ4n) is 8.07. The van der Waals surface area contributed by atoms with Gasteiger partial charge in [0.1, 0.15) is 13.2 Å². The Morgan fingerprint density at radius 1 is 0.435 bits per heavy atom. The standard InChI is InChI=1S/C60H109NO8/c1-6-8-10-12-14-16-18-20-22-24-26-27-28-29-30-31-33-35-37-39-41-43-45-47-49-51-58(63)69-56(55-68-60(59(64)65)66-53-52-61(3,4)5)54-67-57(62)50-48-46-44-42-40-38-36-34-32-25-23-21-19-17-15-13-11-9-7-2/h15,17-18,20-21,23-24,26,56,60H,6-14,16,19,22,25,27-55H2,1-5H3/b17-15-,20-18-,23-21-,26-24-. The van der Waals surface area contributed by atoms with E-state index in [0.29, 0.717) is 17.4 Å². The molecule has 69 heavy (non-hydrogen) atoms. The average Bonchev–Trinajstić information content (AvgIpc) is 3.31. The highest BCUT2D eigenvalue weighted by Crippen LogP contribution is 2.16. The quantitative estimate of drug-likeness (QED) is 0.0195. The van der Waals surface area contributed by atoms with E-state index in [1.807, 2.05) is 21.1 Å². The molecule has 0 aliphatic rings. The zero-order valence-corrected chi connectivity index (χ0v) is 45.7. The van der Waals surface area contributed by atoms with Crippen LogP contribution in [0.1, 0.15) is 258 Å². The molecule has 0 aromatic rings. The van der Waals surface area contributed by atoms with Crippen LogP contribution in [-0.4, -0.2) is 82.3 Å². The van der Waals surface area contributed by atoms with Crippen LogP contribution in [0.2, 0.25) is 0 Å². The lowest BCUT2D eigenvalue weighted by Gasteiger charge is -2.26. The van der Waals surface area contributed by atoms with Crippen LogP contribution in [-0.2, 0) is 33.3 Å². The zero-order chi connectivity index (χ0) is 50.6. The third kappa shape index (κ3) is 52.9. The average molecular weight is 973 g/mol. The van der Waals surface area contributed by atoms with Crippen molar-refractivity contribution in [1.82, 2.24) is 0 Å². The van der Waals surface area contributed by atoms with Gasteiger partial charge in [0.2, 0.25) is 0 Å². The van der Waals surface area contributed by atoms with Crippen LogP contribution < -0.4 is 5.11 Å². The summed E-state index contributed by atoms with van der Waals surface area (Å²) in [5, 5.41) is 11.8. The largest absolute Gasteiger partial charge is 0.545 e. The summed E-state index contributed by atoms with van der Waals surface area (Å²) in [5.41, 5.74) is 0. The molecule has 9 heteroatoms. The van der Waals surface area contributed by atoms with E-state index in [9.17, 15) is 19.5 Å². The summed E-state index contributed by atoms with van der Waals surface area (Å²) in [5.74, 6) is -2.28. The first kappa shape index (κ1) is 66.2. The van der Waals surface area contributed by atoms with E-state index in [4.69, 9.17) is 18.9 Å². The minimum atomic E-state index is -1.62. The molecule has 0 saturated heterocycles. The number of likely N-dealkylation sites (N-methyl/N-ethyl adjacent to an activating group) is 1. The second-order valence-corrected chi connectivity index (χ2v) is 20.6. The zero-order valence-electron chi connectivity index (χ0n) is 45.7. The molecule has 0 saturated carbocycles. The van der Waals surface area contributed by atoms with E-state index < -0.39 is 24.3 Å². The van der Waals surface area contributed by atoms with Crippen molar-refractivity contribution in [3.8, 4) is 0 Å². The molecule has 2 atom stereocenters. The summed E-state index contributed by atoms with van der Waals surface area (Å²) in [7, 11) is 5.92. The number of hydrogen-bond donors (Lipinski definition) is 0. The summed E-state index contributed by atoms with van der Waals surface area (Å²) in [4.78, 5) is 37.3. The Hall–Kier alpha value is -2.75. The van der Waals surface area contributed by atoms with Gasteiger partial charge in [-0.05, 0) is 77.0 Å². The van der Waals surface area contributed by atoms with Crippen molar-refractivity contribution in [1.29, 1.82) is 0 Å². The van der Waals surface area contributed by atoms with Gasteiger partial charge in [-0.15, -0.1) is 0 Å². The van der Waals surface area contributed by atoms with Gasteiger partial charge in [0.05, 0.1) is 40.3 Å². The highest BCUT2D eigenvalue weighted by atomic mass is 16.7. The predicted octanol–water partition coefficient (Wildman–Crippen LogP) is 15.3. The van der Waals surface area contributed by atoms with Crippen molar-refractivity contribution < 1.29 is 42.9 Å². The van der Waals surface area contributed by atoms with Crippen LogP contribution in [0, 0.1) is 0 Å². The number of carboxylic acids is 1. The number of quaternary nitrogens is 1. The molecule has 0 aliphatic carbocycles. The maximum absolute atomic E-state index is 12.9. The van der Waals surface area contributed by atoms with Crippen molar-refractivity contribution in [3.63, 3.8) is 0 Å². The smallest absolute Gasteiger partial charge is 0.306 e. The molecule has 0 aliphatic heterocycles. The number of carbonyl (C=O) groups is 3. The van der Waals surface area contributed by atoms with E-state index in [2.05, 4.69) is 62.5 Å². The van der Waals surface area contributed by atoms with Crippen LogP contribution in [0.4, 0.5) is 0 Å². The van der Waals surface area contributed by atoms with E-state index in [-0.39, 0.29) is 38.6 Å². The number of carbonyl (C=O) groups excluding carboxylic acids is 3. The van der Waals surface area contributed by atoms with Gasteiger partial charge >= 0.3 is 11.9 Å². The van der Waals surface area contributed by atoms with Gasteiger partial charge in [-0.1, -0.05) is 217 Å². The van der Waals surface area contributed by atoms with Crippen molar-refractivity contribution in [2.45, 2.75) is 270 Å². The molecule has 2 unspecified atom stereocenters. The SMILES string of the molecule is CCCCC/C=C\C/C=C\CCCCCCCCCCCC(=O)OCC(COC(OCC[N+](C)(C)C)C(=O)[O-])OC(=O)CCCCCCCCCCCCCCC/C=C\C/C=C\CCCCCCC. The van der Waals surface area contributed by atoms with Gasteiger partial charge in [0.25, 0.3) is 0 Å². The molecular weight excluding hydrogens is 863 g/mol. The highest BCUT2D eigenvalue weighted by Gasteiger charge is 2.22. The highest BCUT2D eigenvalue weighted by molar-refractivity contribution is 5.70. The van der Waals surface area contributed by atoms with Crippen LogP contribution >= 0.6 is 0 Å². The summed E-state index contributed by atoms with van der Waals surface area (Å²) in [6.45, 7) is 4.73. The number of unbranched alkanes of at least 4 members (excludes halogenated alkanes) is 30. The number of rotatable bonds is 53. The minimum absolute atomic E-state index is 0.147. The number of hydrogen-bond acceptors (Lipinski definition) is 8. The summed E-state index contributed by atoms with van der Waals surface area (Å²) >= 11 is 0. The molecule has 0 heterocycles. The lowest BCUT2D eigenvalue weighted by Crippen LogP contribution is -2.44. The lowest BCUT2D eigenvalue weighted by molar-refractivity contribution is -0.870. The molecule has 0 fully saturated rings. The van der Waals surface area contributed by atoms with Gasteiger partial charge < -0.3 is 33.3 Å². The Morgan fingerprint density at radius 2 is 0.783 bits per heavy atom. The van der Waals surface area contributed by atoms with Crippen LogP contribution in [0.15, 0.2) is 48.6 Å². The molecular formula is C60H109NO8. The Bertz CT molecular complexity index is 1270. The molecule has 0 aromatic carbocycles. The van der Waals surface area contributed by atoms with Gasteiger partial charge in [0.15, 0.2) is 12.4 Å². The summed E-state index contributed by atoms with van der Waals surface area (Å²) in [6, 6.07) is 0. The van der Waals surface area contributed by atoms with Crippen LogP contribution in [0.25, 0.3) is 0 Å². The number of aliphatic carboxylic acids is 1. The van der Waals surface area contributed by atoms with Crippen molar-refractivity contribution in [3.05, 3.63) is 48.6 Å². The first-order valence-electron chi connectivity index (χ1n) is 28.8. The second-order valence-electron chi connectivity index (χ2n) is 20.6. The Kier molecular flexibility index (Phi) is 49.5. The van der Waals surface area contributed by atoms with Gasteiger partial charge in [0, 0.05) is 12.8 Å². The normalized spacial score (nSPS) is 13.1. The molecule has 0 amide bonds. The first-order chi connectivity index (χ1) is 33.6. The number of ether oxygens (including phenoxy) is 4. The number of esters is 2. The molecule has 9 nitrogen and oxygen atoms in total. The third-order valence-corrected chi connectivity index (χ3v) is 12.5. The van der Waals surface area contributed by atoms with Gasteiger partial charge in [-0.3, -0.25) is 9.59 Å². The van der Waals surface area contributed by atoms with Crippen LogP contribution in [0.5, 0.6) is 0 Å². The van der Waals surface area contributed by atoms with Crippen molar-refractivity contribution in [2.75, 3.05) is 47.5 Å². The molecule has 0 spiro atoms. The van der Waals surface area contributed by atoms with Crippen molar-refractivity contribution >= 4 is 17.9 Å². The fraction of sp³-hybridized carbons (Fsp3) is 0.817. The van der Waals surface area contributed by atoms with E-state index >= 15 is 0 Å². The number of carboxylic acid groups (broad SMARTS) is 1. The number of allylic oxidation sites excluding steroid dienone is 8. The Labute approximate surface area is 425 Å². The maximum atomic E-state index is 12.9. The van der Waals surface area contributed by atoms with E-state index in [0.717, 1.165) is 44.9 Å². The molecule has 0 bridgehead atoms. The topological polar surface area (TPSA) is 111 Å². The minimum Gasteiger partial charge on any atom is -0.545 e. The summed E-state index contributed by atoms with van der Waals surface area (Å²) < 4.78 is 22.7. The molecule has 0 radical (unpaired) electrons. The molecule has 402 valence electrons. The van der Waals surface area contributed by atoms with E-state index in [1.165, 1.54) is 180 Å². The van der Waals surface area contributed by atoms with E-state index in [1.54, 1.807) is 0 Å². The number of nitrogens with zero attached hydrogens (tertiary/aromatic N) is 1. The second kappa shape index (κ2) is 51.6. The predicted molar refractivity (Wildman–Crippen MR) is 288 cm³/mol. The lowest BCUT2D eigenvalue weighted by atomic mass is 10.0. The van der Waals surface area contributed by atoms with Crippen molar-refractivity contribution in [2.24, 2.45) is 0 Å².